The first-order chi connectivity index (χ1) is 10.7. The van der Waals surface area contributed by atoms with Crippen LogP contribution in [-0.4, -0.2) is 40.3 Å². The number of ether oxygens (including phenoxy) is 4. The average Bonchev–Trinajstić information content (AvgIpc) is 2.55. The Bertz CT molecular complexity index is 419. The van der Waals surface area contributed by atoms with Crippen LogP contribution in [0, 0.1) is 0 Å². The number of hydrogen-bond acceptors (Lipinski definition) is 5. The van der Waals surface area contributed by atoms with Crippen molar-refractivity contribution in [3.05, 3.63) is 23.8 Å². The second kappa shape index (κ2) is 10.4. The van der Waals surface area contributed by atoms with Gasteiger partial charge in [-0.25, -0.2) is 0 Å². The van der Waals surface area contributed by atoms with E-state index in [-0.39, 0.29) is 12.3 Å². The van der Waals surface area contributed by atoms with Gasteiger partial charge in [-0.3, -0.25) is 0 Å². The highest BCUT2D eigenvalue weighted by Gasteiger charge is 2.15. The largest absolute Gasteiger partial charge is 0.493 e. The molecule has 1 rings (SSSR count). The molecule has 0 aliphatic carbocycles. The van der Waals surface area contributed by atoms with Crippen LogP contribution in [0.1, 0.15) is 38.8 Å². The Kier molecular flexibility index (Phi) is 8.89. The number of hydrogen-bond donors (Lipinski definition) is 1. The summed E-state index contributed by atoms with van der Waals surface area (Å²) >= 11 is 0. The van der Waals surface area contributed by atoms with Crippen LogP contribution < -0.4 is 14.8 Å². The smallest absolute Gasteiger partial charge is 0.169 e. The lowest BCUT2D eigenvalue weighted by Gasteiger charge is -2.23. The van der Waals surface area contributed by atoms with Crippen LogP contribution in [-0.2, 0) is 9.47 Å². The standard InChI is InChI=1S/C17H29NO4/c1-6-14(18-12-17(21-7-2)22-8-3)13-9-10-15(19-4)16(11-13)20-5/h9-11,14,17-18H,6-8,12H2,1-5H3/t14-/m0/s1. The molecule has 0 spiro atoms. The fourth-order valence-electron chi connectivity index (χ4n) is 2.34. The van der Waals surface area contributed by atoms with Gasteiger partial charge in [0.2, 0.25) is 0 Å². The van der Waals surface area contributed by atoms with E-state index in [4.69, 9.17) is 18.9 Å². The summed E-state index contributed by atoms with van der Waals surface area (Å²) in [5, 5.41) is 3.50. The van der Waals surface area contributed by atoms with Crippen LogP contribution in [0.15, 0.2) is 18.2 Å². The summed E-state index contributed by atoms with van der Waals surface area (Å²) in [5.41, 5.74) is 1.16. The van der Waals surface area contributed by atoms with Crippen molar-refractivity contribution >= 4 is 0 Å². The summed E-state index contributed by atoms with van der Waals surface area (Å²) in [5.74, 6) is 1.48. The second-order valence-corrected chi connectivity index (χ2v) is 4.82. The van der Waals surface area contributed by atoms with Crippen LogP contribution >= 0.6 is 0 Å². The van der Waals surface area contributed by atoms with Gasteiger partial charge in [-0.2, -0.15) is 0 Å². The van der Waals surface area contributed by atoms with E-state index in [0.29, 0.717) is 19.8 Å². The van der Waals surface area contributed by atoms with Crippen molar-refractivity contribution < 1.29 is 18.9 Å². The maximum atomic E-state index is 5.57. The summed E-state index contributed by atoms with van der Waals surface area (Å²) in [4.78, 5) is 0. The van der Waals surface area contributed by atoms with Gasteiger partial charge in [-0.05, 0) is 38.0 Å². The molecule has 0 saturated carbocycles. The summed E-state index contributed by atoms with van der Waals surface area (Å²) in [6, 6.07) is 6.21. The molecule has 0 aliphatic heterocycles. The van der Waals surface area contributed by atoms with E-state index < -0.39 is 0 Å². The Morgan fingerprint density at radius 1 is 0.955 bits per heavy atom. The zero-order chi connectivity index (χ0) is 16.4. The third-order valence-electron chi connectivity index (χ3n) is 3.45. The molecule has 1 atom stereocenters. The van der Waals surface area contributed by atoms with Gasteiger partial charge in [0.15, 0.2) is 17.8 Å². The molecule has 0 radical (unpaired) electrons. The zero-order valence-electron chi connectivity index (χ0n) is 14.3. The highest BCUT2D eigenvalue weighted by Crippen LogP contribution is 2.30. The van der Waals surface area contributed by atoms with Gasteiger partial charge in [0.1, 0.15) is 0 Å². The summed E-state index contributed by atoms with van der Waals surface area (Å²) in [6.07, 6.45) is 0.740. The van der Waals surface area contributed by atoms with E-state index in [1.54, 1.807) is 14.2 Å². The van der Waals surface area contributed by atoms with Gasteiger partial charge in [-0.15, -0.1) is 0 Å². The molecule has 0 amide bonds. The van der Waals surface area contributed by atoms with Crippen molar-refractivity contribution in [3.8, 4) is 11.5 Å². The van der Waals surface area contributed by atoms with E-state index in [1.807, 2.05) is 26.0 Å². The van der Waals surface area contributed by atoms with E-state index in [2.05, 4.69) is 18.3 Å². The predicted octanol–water partition coefficient (Wildman–Crippen LogP) is 3.14. The second-order valence-electron chi connectivity index (χ2n) is 4.82. The average molecular weight is 311 g/mol. The molecule has 0 heterocycles. The molecule has 1 aromatic carbocycles. The van der Waals surface area contributed by atoms with Crippen LogP contribution in [0.25, 0.3) is 0 Å². The maximum absolute atomic E-state index is 5.57. The normalized spacial score (nSPS) is 12.5. The minimum Gasteiger partial charge on any atom is -0.493 e. The van der Waals surface area contributed by atoms with Crippen molar-refractivity contribution in [1.29, 1.82) is 0 Å². The SMILES string of the molecule is CCOC(CN[C@@H](CC)c1ccc(OC)c(OC)c1)OCC. The number of nitrogens with one attached hydrogen (secondary N) is 1. The Hall–Kier alpha value is -1.30. The number of rotatable bonds is 11. The molecule has 0 aliphatic rings. The molecule has 0 aromatic heterocycles. The molecular weight excluding hydrogens is 282 g/mol. The molecular formula is C17H29NO4. The molecule has 0 unspecified atom stereocenters. The highest BCUT2D eigenvalue weighted by atomic mass is 16.7. The summed E-state index contributed by atoms with van der Waals surface area (Å²) in [7, 11) is 3.29. The molecule has 0 saturated heterocycles. The quantitative estimate of drug-likeness (QED) is 0.636. The first kappa shape index (κ1) is 18.7. The van der Waals surface area contributed by atoms with Crippen molar-refractivity contribution in [1.82, 2.24) is 5.32 Å². The predicted molar refractivity (Wildman–Crippen MR) is 87.6 cm³/mol. The Labute approximate surface area is 133 Å². The third kappa shape index (κ3) is 5.48. The van der Waals surface area contributed by atoms with Crippen molar-refractivity contribution in [2.75, 3.05) is 34.0 Å². The minimum absolute atomic E-state index is 0.211. The molecule has 1 aromatic rings. The topological polar surface area (TPSA) is 49.0 Å². The Morgan fingerprint density at radius 2 is 1.59 bits per heavy atom. The third-order valence-corrected chi connectivity index (χ3v) is 3.45. The van der Waals surface area contributed by atoms with E-state index >= 15 is 0 Å². The molecule has 1 N–H and O–H groups in total. The Morgan fingerprint density at radius 3 is 2.09 bits per heavy atom. The van der Waals surface area contributed by atoms with Crippen molar-refractivity contribution in [3.63, 3.8) is 0 Å². The van der Waals surface area contributed by atoms with E-state index in [1.165, 1.54) is 0 Å². The summed E-state index contributed by atoms with van der Waals surface area (Å²) < 4.78 is 21.8. The Balaban J connectivity index is 2.74. The lowest BCUT2D eigenvalue weighted by atomic mass is 10.0. The zero-order valence-corrected chi connectivity index (χ0v) is 14.3. The maximum Gasteiger partial charge on any atom is 0.169 e. The monoisotopic (exact) mass is 311 g/mol. The minimum atomic E-state index is -0.218. The molecule has 0 fully saturated rings. The van der Waals surface area contributed by atoms with Gasteiger partial charge in [0, 0.05) is 25.8 Å². The lowest BCUT2D eigenvalue weighted by Crippen LogP contribution is -2.34. The fraction of sp³-hybridized carbons (Fsp3) is 0.647. The lowest BCUT2D eigenvalue weighted by molar-refractivity contribution is -0.133. The van der Waals surface area contributed by atoms with Gasteiger partial charge < -0.3 is 24.3 Å². The van der Waals surface area contributed by atoms with Crippen LogP contribution in [0.3, 0.4) is 0 Å². The first-order valence-electron chi connectivity index (χ1n) is 7.88. The van der Waals surface area contributed by atoms with Crippen LogP contribution in [0.2, 0.25) is 0 Å². The van der Waals surface area contributed by atoms with Crippen LogP contribution in [0.5, 0.6) is 11.5 Å². The van der Waals surface area contributed by atoms with Gasteiger partial charge >= 0.3 is 0 Å². The van der Waals surface area contributed by atoms with E-state index in [9.17, 15) is 0 Å². The highest BCUT2D eigenvalue weighted by molar-refractivity contribution is 5.43. The molecule has 5 heteroatoms. The number of benzene rings is 1. The summed E-state index contributed by atoms with van der Waals surface area (Å²) in [6.45, 7) is 8.01. The van der Waals surface area contributed by atoms with Gasteiger partial charge in [0.25, 0.3) is 0 Å². The van der Waals surface area contributed by atoms with Crippen molar-refractivity contribution in [2.45, 2.75) is 39.5 Å². The van der Waals surface area contributed by atoms with E-state index in [0.717, 1.165) is 23.5 Å². The van der Waals surface area contributed by atoms with Crippen molar-refractivity contribution in [2.24, 2.45) is 0 Å². The molecule has 126 valence electrons. The van der Waals surface area contributed by atoms with Gasteiger partial charge in [-0.1, -0.05) is 13.0 Å². The van der Waals surface area contributed by atoms with Crippen LogP contribution in [0.4, 0.5) is 0 Å². The van der Waals surface area contributed by atoms with Gasteiger partial charge in [0.05, 0.1) is 14.2 Å². The number of methoxy groups -OCH3 is 2. The molecule has 5 nitrogen and oxygen atoms in total. The molecule has 0 bridgehead atoms. The first-order valence-corrected chi connectivity index (χ1v) is 7.88. The molecule has 22 heavy (non-hydrogen) atoms. The fourth-order valence-corrected chi connectivity index (χ4v) is 2.34.